The first-order valence-corrected chi connectivity index (χ1v) is 9.73. The molecular weight excluding hydrogens is 385 g/mol. The van der Waals surface area contributed by atoms with Crippen LogP contribution in [-0.4, -0.2) is 25.2 Å². The van der Waals surface area contributed by atoms with Crippen LogP contribution in [0.3, 0.4) is 0 Å². The second-order valence-corrected chi connectivity index (χ2v) is 7.52. The smallest absolute Gasteiger partial charge is 0.310 e. The van der Waals surface area contributed by atoms with E-state index in [0.717, 1.165) is 16.8 Å². The van der Waals surface area contributed by atoms with Crippen LogP contribution in [0.15, 0.2) is 58.1 Å². The first-order valence-electron chi connectivity index (χ1n) is 9.73. The molecule has 7 nitrogen and oxygen atoms in total. The third kappa shape index (κ3) is 2.67. The second-order valence-electron chi connectivity index (χ2n) is 7.52. The van der Waals surface area contributed by atoms with Crippen molar-refractivity contribution in [3.05, 3.63) is 86.3 Å². The average Bonchev–Trinajstić information content (AvgIpc) is 3.31. The number of imidazole rings is 1. The van der Waals surface area contributed by atoms with Crippen molar-refractivity contribution < 1.29 is 4.39 Å². The Labute approximate surface area is 171 Å². The standard InChI is InChI=1S/C22H20FN5O2/c1-14-5-3-4-6-15(14)13-28-20(29)18-19(25(2)22(28)30)24-21-26(11-12-27(18)21)17-9-7-16(23)8-10-17/h3-10H,11-13H2,1-2H3. The molecule has 152 valence electrons. The normalized spacial score (nSPS) is 13.2. The van der Waals surface area contributed by atoms with Gasteiger partial charge in [-0.2, -0.15) is 4.98 Å². The molecule has 4 aromatic rings. The van der Waals surface area contributed by atoms with Gasteiger partial charge in [-0.3, -0.25) is 13.9 Å². The lowest BCUT2D eigenvalue weighted by Gasteiger charge is -2.15. The summed E-state index contributed by atoms with van der Waals surface area (Å²) in [5.74, 6) is 0.269. The minimum Gasteiger partial charge on any atom is -0.310 e. The van der Waals surface area contributed by atoms with E-state index < -0.39 is 5.69 Å². The van der Waals surface area contributed by atoms with Gasteiger partial charge in [-0.15, -0.1) is 0 Å². The fourth-order valence-electron chi connectivity index (χ4n) is 4.04. The predicted molar refractivity (Wildman–Crippen MR) is 113 cm³/mol. The highest BCUT2D eigenvalue weighted by Gasteiger charge is 2.28. The van der Waals surface area contributed by atoms with Crippen molar-refractivity contribution in [3.63, 3.8) is 0 Å². The van der Waals surface area contributed by atoms with Crippen molar-refractivity contribution in [2.45, 2.75) is 20.0 Å². The lowest BCUT2D eigenvalue weighted by molar-refractivity contribution is 0.628. The van der Waals surface area contributed by atoms with Crippen molar-refractivity contribution in [1.29, 1.82) is 0 Å². The molecule has 0 saturated heterocycles. The van der Waals surface area contributed by atoms with E-state index in [1.807, 2.05) is 40.7 Å². The monoisotopic (exact) mass is 405 g/mol. The molecular formula is C22H20FN5O2. The molecule has 1 aliphatic rings. The number of benzene rings is 2. The molecule has 5 rings (SSSR count). The van der Waals surface area contributed by atoms with Gasteiger partial charge in [0, 0.05) is 25.8 Å². The quantitative estimate of drug-likeness (QED) is 0.526. The highest BCUT2D eigenvalue weighted by molar-refractivity contribution is 5.77. The molecule has 0 fully saturated rings. The minimum atomic E-state index is -0.402. The zero-order chi connectivity index (χ0) is 21.0. The number of anilines is 2. The highest BCUT2D eigenvalue weighted by Crippen LogP contribution is 2.31. The Morgan fingerprint density at radius 3 is 2.50 bits per heavy atom. The van der Waals surface area contributed by atoms with Crippen molar-refractivity contribution in [2.75, 3.05) is 11.4 Å². The van der Waals surface area contributed by atoms with Gasteiger partial charge < -0.3 is 9.47 Å². The van der Waals surface area contributed by atoms with Crippen molar-refractivity contribution in [1.82, 2.24) is 18.7 Å². The summed E-state index contributed by atoms with van der Waals surface area (Å²) < 4.78 is 17.8. The first kappa shape index (κ1) is 18.4. The van der Waals surface area contributed by atoms with Crippen LogP contribution >= 0.6 is 0 Å². The molecule has 3 heterocycles. The van der Waals surface area contributed by atoms with Crippen LogP contribution in [0, 0.1) is 12.7 Å². The number of halogens is 1. The van der Waals surface area contributed by atoms with Gasteiger partial charge >= 0.3 is 5.69 Å². The van der Waals surface area contributed by atoms with Crippen LogP contribution in [0.2, 0.25) is 0 Å². The fraction of sp³-hybridized carbons (Fsp3) is 0.227. The van der Waals surface area contributed by atoms with E-state index in [4.69, 9.17) is 0 Å². The third-order valence-corrected chi connectivity index (χ3v) is 5.73. The Bertz CT molecular complexity index is 1400. The second kappa shape index (κ2) is 6.69. The van der Waals surface area contributed by atoms with E-state index in [1.165, 1.54) is 21.3 Å². The molecule has 0 saturated carbocycles. The molecule has 2 aromatic carbocycles. The Morgan fingerprint density at radius 1 is 1.03 bits per heavy atom. The maximum atomic E-state index is 13.3. The Kier molecular flexibility index (Phi) is 4.09. The Morgan fingerprint density at radius 2 is 1.77 bits per heavy atom. The van der Waals surface area contributed by atoms with Crippen LogP contribution in [0.1, 0.15) is 11.1 Å². The van der Waals surface area contributed by atoms with E-state index in [1.54, 1.807) is 19.2 Å². The molecule has 0 bridgehead atoms. The molecule has 0 N–H and O–H groups in total. The summed E-state index contributed by atoms with van der Waals surface area (Å²) in [6, 6.07) is 13.9. The third-order valence-electron chi connectivity index (χ3n) is 5.73. The number of hydrogen-bond donors (Lipinski definition) is 0. The topological polar surface area (TPSA) is 65.1 Å². The maximum Gasteiger partial charge on any atom is 0.332 e. The van der Waals surface area contributed by atoms with Gasteiger partial charge in [0.2, 0.25) is 5.95 Å². The van der Waals surface area contributed by atoms with E-state index in [0.29, 0.717) is 30.2 Å². The molecule has 0 spiro atoms. The summed E-state index contributed by atoms with van der Waals surface area (Å²) in [6.07, 6.45) is 0. The summed E-state index contributed by atoms with van der Waals surface area (Å²) in [6.45, 7) is 3.34. The summed E-state index contributed by atoms with van der Waals surface area (Å²) in [5.41, 5.74) is 2.74. The van der Waals surface area contributed by atoms with Crippen LogP contribution in [0.25, 0.3) is 11.2 Å². The lowest BCUT2D eigenvalue weighted by atomic mass is 10.1. The molecule has 2 aromatic heterocycles. The van der Waals surface area contributed by atoms with Gasteiger partial charge in [0.1, 0.15) is 5.82 Å². The van der Waals surface area contributed by atoms with Gasteiger partial charge in [-0.05, 0) is 42.3 Å². The fourth-order valence-corrected chi connectivity index (χ4v) is 4.04. The number of aromatic nitrogens is 4. The van der Waals surface area contributed by atoms with E-state index >= 15 is 0 Å². The summed E-state index contributed by atoms with van der Waals surface area (Å²) in [7, 11) is 1.63. The summed E-state index contributed by atoms with van der Waals surface area (Å²) >= 11 is 0. The number of hydrogen-bond acceptors (Lipinski definition) is 4. The van der Waals surface area contributed by atoms with Crippen molar-refractivity contribution >= 4 is 22.8 Å². The lowest BCUT2D eigenvalue weighted by Crippen LogP contribution is -2.40. The summed E-state index contributed by atoms with van der Waals surface area (Å²) in [4.78, 5) is 32.8. The average molecular weight is 405 g/mol. The number of nitrogens with zero attached hydrogens (tertiary/aromatic N) is 5. The molecule has 0 unspecified atom stereocenters. The maximum absolute atomic E-state index is 13.3. The Balaban J connectivity index is 1.68. The molecule has 0 atom stereocenters. The zero-order valence-electron chi connectivity index (χ0n) is 16.7. The van der Waals surface area contributed by atoms with Gasteiger partial charge in [-0.1, -0.05) is 24.3 Å². The van der Waals surface area contributed by atoms with Gasteiger partial charge in [-0.25, -0.2) is 9.18 Å². The van der Waals surface area contributed by atoms with Crippen LogP contribution in [0.4, 0.5) is 16.0 Å². The zero-order valence-corrected chi connectivity index (χ0v) is 16.7. The molecule has 1 aliphatic heterocycles. The largest absolute Gasteiger partial charge is 0.332 e. The first-order chi connectivity index (χ1) is 14.5. The molecule has 0 aliphatic carbocycles. The predicted octanol–water partition coefficient (Wildman–Crippen LogP) is 2.54. The highest BCUT2D eigenvalue weighted by atomic mass is 19.1. The molecule has 0 radical (unpaired) electrons. The van der Waals surface area contributed by atoms with Gasteiger partial charge in [0.15, 0.2) is 11.2 Å². The van der Waals surface area contributed by atoms with Crippen LogP contribution < -0.4 is 16.1 Å². The SMILES string of the molecule is Cc1ccccc1Cn1c(=O)c2c(nc3n2CCN3c2ccc(F)cc2)n(C)c1=O. The van der Waals surface area contributed by atoms with E-state index in [9.17, 15) is 14.0 Å². The van der Waals surface area contributed by atoms with Crippen LogP contribution in [-0.2, 0) is 20.1 Å². The van der Waals surface area contributed by atoms with E-state index in [-0.39, 0.29) is 17.9 Å². The van der Waals surface area contributed by atoms with Gasteiger partial charge in [0.05, 0.1) is 6.54 Å². The van der Waals surface area contributed by atoms with Crippen molar-refractivity contribution in [2.24, 2.45) is 7.05 Å². The van der Waals surface area contributed by atoms with Crippen LogP contribution in [0.5, 0.6) is 0 Å². The summed E-state index contributed by atoms with van der Waals surface area (Å²) in [5, 5.41) is 0. The van der Waals surface area contributed by atoms with Crippen molar-refractivity contribution in [3.8, 4) is 0 Å². The van der Waals surface area contributed by atoms with E-state index in [2.05, 4.69) is 4.98 Å². The number of aryl methyl sites for hydroxylation is 2. The molecule has 8 heteroatoms. The molecule has 30 heavy (non-hydrogen) atoms. The number of fused-ring (bicyclic) bond motifs is 3. The van der Waals surface area contributed by atoms with Gasteiger partial charge in [0.25, 0.3) is 5.56 Å². The number of rotatable bonds is 3. The Hall–Kier alpha value is -3.68. The minimum absolute atomic E-state index is 0.205. The molecule has 0 amide bonds.